The number of oxazole rings is 1. The van der Waals surface area contributed by atoms with Gasteiger partial charge in [0, 0.05) is 30.2 Å². The average molecular weight is 438 g/mol. The van der Waals surface area contributed by atoms with Gasteiger partial charge in [-0.05, 0) is 60.7 Å². The number of aromatic nitrogens is 1. The number of halogens is 1. The van der Waals surface area contributed by atoms with Gasteiger partial charge in [-0.2, -0.15) is 0 Å². The van der Waals surface area contributed by atoms with E-state index in [1.54, 1.807) is 12.1 Å². The van der Waals surface area contributed by atoms with Gasteiger partial charge in [0.05, 0.1) is 12.1 Å². The first-order valence-corrected chi connectivity index (χ1v) is 11.2. The van der Waals surface area contributed by atoms with E-state index in [0.29, 0.717) is 23.2 Å². The smallest absolute Gasteiger partial charge is 0.226 e. The minimum atomic E-state index is -0.0812. The van der Waals surface area contributed by atoms with Gasteiger partial charge in [0.1, 0.15) is 6.26 Å². The van der Waals surface area contributed by atoms with Crippen molar-refractivity contribution < 1.29 is 9.21 Å². The van der Waals surface area contributed by atoms with Crippen LogP contribution in [0.3, 0.4) is 0 Å². The monoisotopic (exact) mass is 437 g/mol. The zero-order valence-electron chi connectivity index (χ0n) is 17.8. The van der Waals surface area contributed by atoms with Crippen LogP contribution in [0.5, 0.6) is 0 Å². The van der Waals surface area contributed by atoms with Crippen molar-refractivity contribution in [3.8, 4) is 11.5 Å². The molecule has 0 spiro atoms. The number of hydrogen-bond donors (Lipinski definition) is 1. The summed E-state index contributed by atoms with van der Waals surface area (Å²) in [6.07, 6.45) is 4.34. The second-order valence-corrected chi connectivity index (χ2v) is 8.84. The zero-order valence-corrected chi connectivity index (χ0v) is 18.6. The van der Waals surface area contributed by atoms with E-state index in [1.807, 2.05) is 12.1 Å². The first kappa shape index (κ1) is 21.6. The number of nitrogens with zero attached hydrogens (tertiary/aromatic N) is 2. The number of benzene rings is 2. The molecule has 1 N–H and O–H groups in total. The lowest BCUT2D eigenvalue weighted by Gasteiger charge is -2.30. The van der Waals surface area contributed by atoms with E-state index in [2.05, 4.69) is 46.4 Å². The Morgan fingerprint density at radius 1 is 1.16 bits per heavy atom. The summed E-state index contributed by atoms with van der Waals surface area (Å²) in [4.78, 5) is 19.3. The van der Waals surface area contributed by atoms with Gasteiger partial charge in [0.25, 0.3) is 0 Å². The van der Waals surface area contributed by atoms with E-state index in [1.165, 1.54) is 37.8 Å². The second-order valence-electron chi connectivity index (χ2n) is 8.40. The molecular formula is C25H28ClN3O2. The van der Waals surface area contributed by atoms with E-state index < -0.39 is 0 Å². The Labute approximate surface area is 188 Å². The molecule has 4 rings (SSSR count). The van der Waals surface area contributed by atoms with Crippen molar-refractivity contribution in [2.24, 2.45) is 5.92 Å². The third-order valence-corrected chi connectivity index (χ3v) is 5.90. The minimum absolute atomic E-state index is 0.0812. The molecule has 1 amide bonds. The Hall–Kier alpha value is -2.63. The van der Waals surface area contributed by atoms with Crippen LogP contribution in [0.15, 0.2) is 59.2 Å². The molecule has 162 valence electrons. The molecule has 1 saturated heterocycles. The van der Waals surface area contributed by atoms with Crippen LogP contribution in [0.4, 0.5) is 0 Å². The van der Waals surface area contributed by atoms with Crippen molar-refractivity contribution in [2.75, 3.05) is 13.1 Å². The molecule has 1 aliphatic heterocycles. The van der Waals surface area contributed by atoms with Crippen molar-refractivity contribution >= 4 is 17.5 Å². The normalized spacial score (nSPS) is 16.9. The van der Waals surface area contributed by atoms with Crippen molar-refractivity contribution in [3.63, 3.8) is 0 Å². The van der Waals surface area contributed by atoms with Crippen molar-refractivity contribution in [1.82, 2.24) is 15.2 Å². The highest BCUT2D eigenvalue weighted by Crippen LogP contribution is 2.21. The van der Waals surface area contributed by atoms with E-state index in [4.69, 9.17) is 16.0 Å². The maximum Gasteiger partial charge on any atom is 0.226 e. The van der Waals surface area contributed by atoms with Crippen LogP contribution in [-0.2, 0) is 24.3 Å². The van der Waals surface area contributed by atoms with Crippen molar-refractivity contribution in [3.05, 3.63) is 76.6 Å². The fourth-order valence-electron chi connectivity index (χ4n) is 3.99. The summed E-state index contributed by atoms with van der Waals surface area (Å²) < 4.78 is 5.50. The van der Waals surface area contributed by atoms with Crippen LogP contribution < -0.4 is 5.32 Å². The largest absolute Gasteiger partial charge is 0.444 e. The topological polar surface area (TPSA) is 58.4 Å². The first-order chi connectivity index (χ1) is 15.0. The van der Waals surface area contributed by atoms with Gasteiger partial charge in [-0.1, -0.05) is 42.8 Å². The lowest BCUT2D eigenvalue weighted by atomic mass is 9.99. The Kier molecular flexibility index (Phi) is 7.05. The quantitative estimate of drug-likeness (QED) is 0.559. The summed E-state index contributed by atoms with van der Waals surface area (Å²) in [6, 6.07) is 15.8. The van der Waals surface area contributed by atoms with Gasteiger partial charge >= 0.3 is 0 Å². The summed E-state index contributed by atoms with van der Waals surface area (Å²) in [6.45, 7) is 6.19. The maximum absolute atomic E-state index is 12.3. The predicted molar refractivity (Wildman–Crippen MR) is 123 cm³/mol. The number of carbonyl (C=O) groups excluding carboxylic acids is 1. The van der Waals surface area contributed by atoms with E-state index in [-0.39, 0.29) is 12.3 Å². The molecule has 1 atom stereocenters. The molecule has 6 heteroatoms. The van der Waals surface area contributed by atoms with E-state index in [9.17, 15) is 4.79 Å². The summed E-state index contributed by atoms with van der Waals surface area (Å²) in [5, 5.41) is 3.62. The highest BCUT2D eigenvalue weighted by Gasteiger charge is 2.16. The van der Waals surface area contributed by atoms with Crippen LogP contribution in [0, 0.1) is 5.92 Å². The highest BCUT2D eigenvalue weighted by molar-refractivity contribution is 6.30. The predicted octanol–water partition coefficient (Wildman–Crippen LogP) is 5.09. The Morgan fingerprint density at radius 3 is 2.65 bits per heavy atom. The Balaban J connectivity index is 1.25. The standard InChI is InChI=1S/C25H28ClN3O2/c1-18-3-2-12-29(15-18)16-20-6-4-19(5-7-20)14-27-24(30)13-23-17-31-25(28-23)21-8-10-22(26)11-9-21/h4-11,17-18H,2-3,12-16H2,1H3,(H,27,30). The fourth-order valence-corrected chi connectivity index (χ4v) is 4.12. The third kappa shape index (κ3) is 6.18. The molecule has 0 bridgehead atoms. The summed E-state index contributed by atoms with van der Waals surface area (Å²) >= 11 is 5.91. The molecular weight excluding hydrogens is 410 g/mol. The molecule has 2 heterocycles. The number of nitrogens with one attached hydrogen (secondary N) is 1. The van der Waals surface area contributed by atoms with Gasteiger partial charge in [-0.15, -0.1) is 0 Å². The molecule has 1 unspecified atom stereocenters. The van der Waals surface area contributed by atoms with E-state index in [0.717, 1.165) is 23.6 Å². The SMILES string of the molecule is CC1CCCN(Cc2ccc(CNC(=O)Cc3coc(-c4ccc(Cl)cc4)n3)cc2)C1. The lowest BCUT2D eigenvalue weighted by Crippen LogP contribution is -2.33. The maximum atomic E-state index is 12.3. The Bertz CT molecular complexity index is 998. The first-order valence-electron chi connectivity index (χ1n) is 10.8. The highest BCUT2D eigenvalue weighted by atomic mass is 35.5. The molecule has 0 radical (unpaired) electrons. The molecule has 3 aromatic rings. The third-order valence-electron chi connectivity index (χ3n) is 5.64. The molecule has 0 saturated carbocycles. The lowest BCUT2D eigenvalue weighted by molar-refractivity contribution is -0.120. The van der Waals surface area contributed by atoms with Gasteiger partial charge < -0.3 is 9.73 Å². The minimum Gasteiger partial charge on any atom is -0.444 e. The molecule has 1 fully saturated rings. The number of amides is 1. The summed E-state index contributed by atoms with van der Waals surface area (Å²) in [5.41, 5.74) is 3.84. The average Bonchev–Trinajstić information content (AvgIpc) is 3.22. The van der Waals surface area contributed by atoms with Crippen LogP contribution in [0.2, 0.25) is 5.02 Å². The van der Waals surface area contributed by atoms with Gasteiger partial charge in [-0.3, -0.25) is 9.69 Å². The molecule has 0 aliphatic carbocycles. The fraction of sp³-hybridized carbons (Fsp3) is 0.360. The Morgan fingerprint density at radius 2 is 1.90 bits per heavy atom. The van der Waals surface area contributed by atoms with Gasteiger partial charge in [0.15, 0.2) is 0 Å². The number of hydrogen-bond acceptors (Lipinski definition) is 4. The summed E-state index contributed by atoms with van der Waals surface area (Å²) in [5.74, 6) is 1.19. The van der Waals surface area contributed by atoms with Crippen LogP contribution in [0.1, 0.15) is 36.6 Å². The number of piperidine rings is 1. The molecule has 2 aromatic carbocycles. The van der Waals surface area contributed by atoms with Gasteiger partial charge in [0.2, 0.25) is 11.8 Å². The van der Waals surface area contributed by atoms with Crippen molar-refractivity contribution in [1.29, 1.82) is 0 Å². The molecule has 1 aliphatic rings. The number of rotatable bonds is 7. The molecule has 1 aromatic heterocycles. The number of likely N-dealkylation sites (tertiary alicyclic amines) is 1. The van der Waals surface area contributed by atoms with E-state index >= 15 is 0 Å². The molecule has 31 heavy (non-hydrogen) atoms. The van der Waals surface area contributed by atoms with Crippen LogP contribution in [-0.4, -0.2) is 28.9 Å². The zero-order chi connectivity index (χ0) is 21.6. The number of carbonyl (C=O) groups is 1. The van der Waals surface area contributed by atoms with Crippen LogP contribution >= 0.6 is 11.6 Å². The van der Waals surface area contributed by atoms with Crippen molar-refractivity contribution in [2.45, 2.75) is 39.3 Å². The molecule has 5 nitrogen and oxygen atoms in total. The second kappa shape index (κ2) is 10.1. The summed E-state index contributed by atoms with van der Waals surface area (Å²) in [7, 11) is 0. The van der Waals surface area contributed by atoms with Gasteiger partial charge in [-0.25, -0.2) is 4.98 Å². The van der Waals surface area contributed by atoms with Crippen LogP contribution in [0.25, 0.3) is 11.5 Å².